The van der Waals surface area contributed by atoms with Gasteiger partial charge >= 0.3 is 0 Å². The van der Waals surface area contributed by atoms with Crippen molar-refractivity contribution in [2.45, 2.75) is 32.2 Å². The maximum Gasteiger partial charge on any atom is 0.225 e. The number of nitrogens with zero attached hydrogens (tertiary/aromatic N) is 1. The molecule has 0 radical (unpaired) electrons. The van der Waals surface area contributed by atoms with Crippen LogP contribution < -0.4 is 10.6 Å². The number of carbonyl (C=O) groups excluding carboxylic acids is 2. The van der Waals surface area contributed by atoms with Gasteiger partial charge < -0.3 is 10.6 Å². The van der Waals surface area contributed by atoms with Crippen LogP contribution in [0.5, 0.6) is 0 Å². The van der Waals surface area contributed by atoms with Crippen molar-refractivity contribution in [3.8, 4) is 0 Å². The molecule has 2 rings (SSSR count). The lowest BCUT2D eigenvalue weighted by atomic mass is 9.85. The van der Waals surface area contributed by atoms with Gasteiger partial charge in [-0.2, -0.15) is 0 Å². The van der Waals surface area contributed by atoms with Crippen molar-refractivity contribution in [3.05, 3.63) is 28.2 Å². The average molecular weight is 311 g/mol. The molecule has 0 fully saturated rings. The Bertz CT molecular complexity index is 516. The van der Waals surface area contributed by atoms with Crippen LogP contribution in [0.4, 0.5) is 5.69 Å². The zero-order valence-corrected chi connectivity index (χ0v) is 11.9. The van der Waals surface area contributed by atoms with E-state index in [1.54, 1.807) is 4.90 Å². The summed E-state index contributed by atoms with van der Waals surface area (Å²) in [4.78, 5) is 25.0. The third-order valence-corrected chi connectivity index (χ3v) is 3.82. The van der Waals surface area contributed by atoms with Crippen LogP contribution in [0.1, 0.15) is 31.7 Å². The topological polar surface area (TPSA) is 63.4 Å². The quantitative estimate of drug-likeness (QED) is 0.864. The minimum atomic E-state index is -0.343. The number of halogens is 1. The summed E-state index contributed by atoms with van der Waals surface area (Å²) in [6, 6.07) is 5.57. The minimum absolute atomic E-state index is 0.0195. The van der Waals surface area contributed by atoms with Crippen molar-refractivity contribution < 1.29 is 9.59 Å². The number of anilines is 1. The number of rotatable bonds is 1. The molecule has 0 aromatic heterocycles. The SMILES string of the molecule is CC(=O)N1c2ccc(Br)cc2C(C(N)=O)CC1C. The molecule has 2 amide bonds. The summed E-state index contributed by atoms with van der Waals surface area (Å²) in [5.74, 6) is -0.693. The molecular formula is C13H15BrN2O2. The Morgan fingerprint density at radius 1 is 1.44 bits per heavy atom. The van der Waals surface area contributed by atoms with Gasteiger partial charge in [-0.15, -0.1) is 0 Å². The smallest absolute Gasteiger partial charge is 0.225 e. The van der Waals surface area contributed by atoms with Gasteiger partial charge in [-0.3, -0.25) is 9.59 Å². The second-order valence-corrected chi connectivity index (χ2v) is 5.55. The molecule has 96 valence electrons. The lowest BCUT2D eigenvalue weighted by Gasteiger charge is -2.38. The van der Waals surface area contributed by atoms with Crippen LogP contribution in [0, 0.1) is 0 Å². The van der Waals surface area contributed by atoms with E-state index in [0.717, 1.165) is 15.7 Å². The fraction of sp³-hybridized carbons (Fsp3) is 0.385. The summed E-state index contributed by atoms with van der Waals surface area (Å²) in [5, 5.41) is 0. The molecule has 2 atom stereocenters. The standard InChI is InChI=1S/C13H15BrN2O2/c1-7-5-11(13(15)18)10-6-9(14)3-4-12(10)16(7)8(2)17/h3-4,6-7,11H,5H2,1-2H3,(H2,15,18). The van der Waals surface area contributed by atoms with Crippen molar-refractivity contribution in [3.63, 3.8) is 0 Å². The van der Waals surface area contributed by atoms with Gasteiger partial charge in [0, 0.05) is 23.1 Å². The lowest BCUT2D eigenvalue weighted by molar-refractivity contribution is -0.121. The molecule has 18 heavy (non-hydrogen) atoms. The van der Waals surface area contributed by atoms with E-state index in [4.69, 9.17) is 5.73 Å². The first-order valence-electron chi connectivity index (χ1n) is 5.80. The second kappa shape index (κ2) is 4.72. The van der Waals surface area contributed by atoms with Crippen LogP contribution in [-0.2, 0) is 9.59 Å². The molecule has 2 N–H and O–H groups in total. The average Bonchev–Trinajstić information content (AvgIpc) is 2.27. The highest BCUT2D eigenvalue weighted by atomic mass is 79.9. The Labute approximate surface area is 114 Å². The van der Waals surface area contributed by atoms with Crippen LogP contribution in [0.25, 0.3) is 0 Å². The largest absolute Gasteiger partial charge is 0.369 e. The van der Waals surface area contributed by atoms with Gasteiger partial charge in [-0.1, -0.05) is 15.9 Å². The van der Waals surface area contributed by atoms with Crippen LogP contribution in [-0.4, -0.2) is 17.9 Å². The van der Waals surface area contributed by atoms with Gasteiger partial charge in [0.05, 0.1) is 5.92 Å². The van der Waals surface area contributed by atoms with Crippen molar-refractivity contribution in [1.29, 1.82) is 0 Å². The molecule has 2 unspecified atom stereocenters. The maximum atomic E-state index is 11.7. The molecule has 5 heteroatoms. The Balaban J connectivity index is 2.59. The zero-order chi connectivity index (χ0) is 13.4. The number of benzene rings is 1. The summed E-state index contributed by atoms with van der Waals surface area (Å²) in [6.45, 7) is 3.47. The highest BCUT2D eigenvalue weighted by molar-refractivity contribution is 9.10. The first-order valence-corrected chi connectivity index (χ1v) is 6.59. The number of carbonyl (C=O) groups is 2. The van der Waals surface area contributed by atoms with Crippen molar-refractivity contribution in [1.82, 2.24) is 0 Å². The summed E-state index contributed by atoms with van der Waals surface area (Å²) >= 11 is 3.38. The molecule has 0 bridgehead atoms. The first-order chi connectivity index (χ1) is 8.41. The highest BCUT2D eigenvalue weighted by Crippen LogP contribution is 2.39. The number of hydrogen-bond donors (Lipinski definition) is 1. The number of amides is 2. The van der Waals surface area contributed by atoms with Gasteiger partial charge in [-0.25, -0.2) is 0 Å². The molecule has 4 nitrogen and oxygen atoms in total. The van der Waals surface area contributed by atoms with Crippen molar-refractivity contribution in [2.75, 3.05) is 4.90 Å². The predicted octanol–water partition coefficient (Wildman–Crippen LogP) is 2.16. The molecule has 0 saturated heterocycles. The summed E-state index contributed by atoms with van der Waals surface area (Å²) in [7, 11) is 0. The Kier molecular flexibility index (Phi) is 3.43. The van der Waals surface area contributed by atoms with E-state index in [2.05, 4.69) is 15.9 Å². The molecule has 1 aromatic rings. The zero-order valence-electron chi connectivity index (χ0n) is 10.3. The molecule has 0 aliphatic carbocycles. The van der Waals surface area contributed by atoms with E-state index in [-0.39, 0.29) is 23.8 Å². The monoisotopic (exact) mass is 310 g/mol. The number of fused-ring (bicyclic) bond motifs is 1. The van der Waals surface area contributed by atoms with Gasteiger partial charge in [0.25, 0.3) is 0 Å². The van der Waals surface area contributed by atoms with E-state index in [1.165, 1.54) is 6.92 Å². The third-order valence-electron chi connectivity index (χ3n) is 3.32. The van der Waals surface area contributed by atoms with Gasteiger partial charge in [0.15, 0.2) is 0 Å². The van der Waals surface area contributed by atoms with Gasteiger partial charge in [0.1, 0.15) is 0 Å². The highest BCUT2D eigenvalue weighted by Gasteiger charge is 2.34. The summed E-state index contributed by atoms with van der Waals surface area (Å²) < 4.78 is 0.880. The van der Waals surface area contributed by atoms with Gasteiger partial charge in [0.2, 0.25) is 11.8 Å². The summed E-state index contributed by atoms with van der Waals surface area (Å²) in [6.07, 6.45) is 0.568. The molecule has 1 aliphatic heterocycles. The molecular weight excluding hydrogens is 296 g/mol. The Morgan fingerprint density at radius 2 is 2.11 bits per heavy atom. The maximum absolute atomic E-state index is 11.7. The molecule has 0 spiro atoms. The van der Waals surface area contributed by atoms with E-state index >= 15 is 0 Å². The Hall–Kier alpha value is -1.36. The predicted molar refractivity (Wildman–Crippen MR) is 73.3 cm³/mol. The van der Waals surface area contributed by atoms with Crippen LogP contribution in [0.2, 0.25) is 0 Å². The number of hydrogen-bond acceptors (Lipinski definition) is 2. The number of nitrogens with two attached hydrogens (primary N) is 1. The van der Waals surface area contributed by atoms with E-state index in [1.807, 2.05) is 25.1 Å². The fourth-order valence-corrected chi connectivity index (χ4v) is 2.96. The molecule has 1 aliphatic rings. The fourth-order valence-electron chi connectivity index (χ4n) is 2.58. The van der Waals surface area contributed by atoms with Crippen LogP contribution in [0.3, 0.4) is 0 Å². The normalized spacial score (nSPS) is 22.5. The van der Waals surface area contributed by atoms with E-state index in [9.17, 15) is 9.59 Å². The van der Waals surface area contributed by atoms with Gasteiger partial charge in [-0.05, 0) is 37.1 Å². The van der Waals surface area contributed by atoms with E-state index in [0.29, 0.717) is 6.42 Å². The molecule has 1 heterocycles. The van der Waals surface area contributed by atoms with E-state index < -0.39 is 0 Å². The molecule has 0 saturated carbocycles. The van der Waals surface area contributed by atoms with Crippen LogP contribution >= 0.6 is 15.9 Å². The summed E-state index contributed by atoms with van der Waals surface area (Å²) in [5.41, 5.74) is 7.07. The van der Waals surface area contributed by atoms with Crippen molar-refractivity contribution in [2.24, 2.45) is 5.73 Å². The Morgan fingerprint density at radius 3 is 2.67 bits per heavy atom. The van der Waals surface area contributed by atoms with Crippen molar-refractivity contribution >= 4 is 33.4 Å². The first kappa shape index (κ1) is 13.1. The molecule has 1 aromatic carbocycles. The number of primary amides is 1. The third kappa shape index (κ3) is 2.14. The lowest BCUT2D eigenvalue weighted by Crippen LogP contribution is -2.44. The second-order valence-electron chi connectivity index (χ2n) is 4.63. The minimum Gasteiger partial charge on any atom is -0.369 e. The van der Waals surface area contributed by atoms with Crippen LogP contribution in [0.15, 0.2) is 22.7 Å².